The Kier molecular flexibility index (Phi) is 3.48. The van der Waals surface area contributed by atoms with Gasteiger partial charge in [-0.15, -0.1) is 10.2 Å². The summed E-state index contributed by atoms with van der Waals surface area (Å²) in [6.45, 7) is 0.676. The Morgan fingerprint density at radius 2 is 2.14 bits per heavy atom. The summed E-state index contributed by atoms with van der Waals surface area (Å²) >= 11 is 0. The van der Waals surface area contributed by atoms with Crippen LogP contribution in [0.5, 0.6) is 0 Å². The first kappa shape index (κ1) is 13.1. The van der Waals surface area contributed by atoms with Crippen molar-refractivity contribution >= 4 is 16.6 Å². The quantitative estimate of drug-likeness (QED) is 0.788. The van der Waals surface area contributed by atoms with E-state index in [0.29, 0.717) is 12.2 Å². The Bertz CT molecular complexity index is 814. The number of hydrogen-bond acceptors (Lipinski definition) is 5. The van der Waals surface area contributed by atoms with Gasteiger partial charge in [-0.3, -0.25) is 0 Å². The van der Waals surface area contributed by atoms with E-state index in [-0.39, 0.29) is 0 Å². The molecule has 0 fully saturated rings. The Labute approximate surface area is 122 Å². The lowest BCUT2D eigenvalue weighted by Gasteiger charge is -2.10. The van der Waals surface area contributed by atoms with Gasteiger partial charge in [0.15, 0.2) is 5.69 Å². The number of nitriles is 1. The maximum Gasteiger partial charge on any atom is 0.186 e. The minimum Gasteiger partial charge on any atom is -0.382 e. The Hall–Kier alpha value is -2.94. The molecule has 3 rings (SSSR count). The Morgan fingerprint density at radius 1 is 1.29 bits per heavy atom. The second-order valence-electron chi connectivity index (χ2n) is 4.68. The predicted molar refractivity (Wildman–Crippen MR) is 79.7 cm³/mol. The molecule has 0 unspecified atom stereocenters. The van der Waals surface area contributed by atoms with Crippen molar-refractivity contribution in [1.82, 2.24) is 19.7 Å². The molecule has 21 heavy (non-hydrogen) atoms. The minimum absolute atomic E-state index is 0.313. The molecule has 0 bridgehead atoms. The number of nitrogens with one attached hydrogen (secondary N) is 1. The number of hydrogen-bond donors (Lipinski definition) is 1. The zero-order valence-corrected chi connectivity index (χ0v) is 11.6. The molecule has 2 aromatic heterocycles. The third-order valence-electron chi connectivity index (χ3n) is 3.35. The minimum atomic E-state index is 0.313. The first-order valence-electron chi connectivity index (χ1n) is 6.65. The van der Waals surface area contributed by atoms with Gasteiger partial charge in [0.25, 0.3) is 0 Å². The lowest BCUT2D eigenvalue weighted by atomic mass is 10.1. The maximum atomic E-state index is 9.20. The van der Waals surface area contributed by atoms with Gasteiger partial charge in [-0.05, 0) is 6.07 Å². The zero-order valence-electron chi connectivity index (χ0n) is 11.6. The summed E-state index contributed by atoms with van der Waals surface area (Å²) in [5.41, 5.74) is 1.82. The number of aromatic nitrogens is 4. The largest absolute Gasteiger partial charge is 0.382 e. The van der Waals surface area contributed by atoms with Crippen molar-refractivity contribution in [3.8, 4) is 6.07 Å². The average molecular weight is 278 g/mol. The molecule has 0 saturated heterocycles. The number of benzene rings is 1. The second kappa shape index (κ2) is 5.59. The number of fused-ring (bicyclic) bond motifs is 1. The van der Waals surface area contributed by atoms with Gasteiger partial charge in [0.2, 0.25) is 0 Å². The van der Waals surface area contributed by atoms with Gasteiger partial charge < -0.3 is 9.88 Å². The average Bonchev–Trinajstić information content (AvgIpc) is 2.93. The van der Waals surface area contributed by atoms with E-state index in [2.05, 4.69) is 26.6 Å². The molecule has 0 amide bonds. The van der Waals surface area contributed by atoms with E-state index in [0.717, 1.165) is 28.8 Å². The topological polar surface area (TPSA) is 79.4 Å². The highest BCUT2D eigenvalue weighted by atomic mass is 15.1. The molecular formula is C15H14N6. The second-order valence-corrected chi connectivity index (χ2v) is 4.68. The molecule has 1 N–H and O–H groups in total. The first-order valence-corrected chi connectivity index (χ1v) is 6.65. The number of nitrogens with zero attached hydrogens (tertiary/aromatic N) is 5. The molecule has 0 aliphatic carbocycles. The van der Waals surface area contributed by atoms with Crippen LogP contribution in [0.4, 0.5) is 5.69 Å². The third-order valence-corrected chi connectivity index (χ3v) is 3.35. The number of anilines is 1. The van der Waals surface area contributed by atoms with Crippen molar-refractivity contribution in [2.75, 3.05) is 11.9 Å². The SMILES string of the molecule is Cn1ccnc1CCNc1c(C#N)nnc2ccccc12. The van der Waals surface area contributed by atoms with Crippen molar-refractivity contribution < 1.29 is 0 Å². The number of imidazole rings is 1. The van der Waals surface area contributed by atoms with Crippen LogP contribution in [0, 0.1) is 11.3 Å². The van der Waals surface area contributed by atoms with Gasteiger partial charge in [-0.2, -0.15) is 5.26 Å². The fourth-order valence-electron chi connectivity index (χ4n) is 2.25. The normalized spacial score (nSPS) is 10.5. The van der Waals surface area contributed by atoms with E-state index in [1.807, 2.05) is 42.1 Å². The van der Waals surface area contributed by atoms with Crippen molar-refractivity contribution in [2.45, 2.75) is 6.42 Å². The van der Waals surface area contributed by atoms with E-state index >= 15 is 0 Å². The van der Waals surface area contributed by atoms with Crippen LogP contribution >= 0.6 is 0 Å². The fraction of sp³-hybridized carbons (Fsp3) is 0.200. The summed E-state index contributed by atoms with van der Waals surface area (Å²) in [7, 11) is 1.96. The van der Waals surface area contributed by atoms with Gasteiger partial charge in [0.05, 0.1) is 11.2 Å². The summed E-state index contributed by atoms with van der Waals surface area (Å²) in [6, 6.07) is 9.74. The number of rotatable bonds is 4. The van der Waals surface area contributed by atoms with Crippen molar-refractivity contribution in [3.05, 3.63) is 48.2 Å². The van der Waals surface area contributed by atoms with E-state index in [4.69, 9.17) is 0 Å². The van der Waals surface area contributed by atoms with Crippen LogP contribution in [-0.4, -0.2) is 26.3 Å². The van der Waals surface area contributed by atoms with E-state index in [1.165, 1.54) is 0 Å². The molecule has 0 radical (unpaired) electrons. The smallest absolute Gasteiger partial charge is 0.186 e. The molecule has 0 atom stereocenters. The van der Waals surface area contributed by atoms with E-state index in [1.54, 1.807) is 6.20 Å². The van der Waals surface area contributed by atoms with Crippen LogP contribution in [0.15, 0.2) is 36.7 Å². The maximum absolute atomic E-state index is 9.20. The van der Waals surface area contributed by atoms with Gasteiger partial charge in [0, 0.05) is 37.8 Å². The molecule has 0 aliphatic heterocycles. The van der Waals surface area contributed by atoms with Crippen LogP contribution in [0.1, 0.15) is 11.5 Å². The van der Waals surface area contributed by atoms with Gasteiger partial charge in [0.1, 0.15) is 11.9 Å². The standard InChI is InChI=1S/C15H14N6/c1-21-9-8-17-14(21)6-7-18-15-11-4-2-3-5-12(11)19-20-13(15)10-16/h2-5,8-9H,6-7H2,1H3,(H,18,19). The molecule has 104 valence electrons. The van der Waals surface area contributed by atoms with Crippen LogP contribution in [0.2, 0.25) is 0 Å². The molecule has 1 aromatic carbocycles. The predicted octanol–water partition coefficient (Wildman–Crippen LogP) is 1.89. The molecule has 0 aliphatic rings. The molecule has 0 saturated carbocycles. The van der Waals surface area contributed by atoms with E-state index in [9.17, 15) is 5.26 Å². The van der Waals surface area contributed by atoms with E-state index < -0.39 is 0 Å². The van der Waals surface area contributed by atoms with Gasteiger partial charge in [-0.25, -0.2) is 4.98 Å². The highest BCUT2D eigenvalue weighted by molar-refractivity contribution is 5.92. The fourth-order valence-corrected chi connectivity index (χ4v) is 2.25. The zero-order chi connectivity index (χ0) is 14.7. The molecular weight excluding hydrogens is 264 g/mol. The lowest BCUT2D eigenvalue weighted by molar-refractivity contribution is 0.789. The summed E-state index contributed by atoms with van der Waals surface area (Å²) in [6.07, 6.45) is 4.46. The first-order chi connectivity index (χ1) is 10.3. The Balaban J connectivity index is 1.86. The van der Waals surface area contributed by atoms with Crippen molar-refractivity contribution in [3.63, 3.8) is 0 Å². The number of aryl methyl sites for hydroxylation is 1. The highest BCUT2D eigenvalue weighted by Gasteiger charge is 2.10. The molecule has 0 spiro atoms. The van der Waals surface area contributed by atoms with Gasteiger partial charge in [-0.1, -0.05) is 18.2 Å². The van der Waals surface area contributed by atoms with Crippen LogP contribution in [0.3, 0.4) is 0 Å². The summed E-state index contributed by atoms with van der Waals surface area (Å²) in [5.74, 6) is 0.993. The summed E-state index contributed by atoms with van der Waals surface area (Å²) < 4.78 is 1.98. The third kappa shape index (κ3) is 2.54. The van der Waals surface area contributed by atoms with Crippen molar-refractivity contribution in [2.24, 2.45) is 7.05 Å². The summed E-state index contributed by atoms with van der Waals surface area (Å²) in [5, 5.41) is 21.4. The van der Waals surface area contributed by atoms with Crippen LogP contribution in [0.25, 0.3) is 10.9 Å². The molecule has 6 heteroatoms. The monoisotopic (exact) mass is 278 g/mol. The summed E-state index contributed by atoms with van der Waals surface area (Å²) in [4.78, 5) is 4.28. The van der Waals surface area contributed by atoms with Gasteiger partial charge >= 0.3 is 0 Å². The van der Waals surface area contributed by atoms with Crippen molar-refractivity contribution in [1.29, 1.82) is 5.26 Å². The Morgan fingerprint density at radius 3 is 2.90 bits per heavy atom. The van der Waals surface area contributed by atoms with Crippen LogP contribution < -0.4 is 5.32 Å². The molecule has 2 heterocycles. The molecule has 3 aromatic rings. The van der Waals surface area contributed by atoms with Crippen LogP contribution in [-0.2, 0) is 13.5 Å². The molecule has 6 nitrogen and oxygen atoms in total. The lowest BCUT2D eigenvalue weighted by Crippen LogP contribution is -2.11. The highest BCUT2D eigenvalue weighted by Crippen LogP contribution is 2.23.